The van der Waals surface area contributed by atoms with E-state index in [2.05, 4.69) is 41.9 Å². The molecule has 0 aliphatic carbocycles. The molecule has 148 valence electrons. The molecule has 0 atom stereocenters. The molecule has 1 fully saturated rings. The Labute approximate surface area is 166 Å². The van der Waals surface area contributed by atoms with E-state index in [0.29, 0.717) is 25.9 Å². The number of rotatable bonds is 4. The molecule has 28 heavy (non-hydrogen) atoms. The molecule has 0 unspecified atom stereocenters. The van der Waals surface area contributed by atoms with E-state index in [1.165, 1.54) is 15.4 Å². The van der Waals surface area contributed by atoms with Gasteiger partial charge in [-0.25, -0.2) is 4.98 Å². The summed E-state index contributed by atoms with van der Waals surface area (Å²) in [5.41, 5.74) is 4.00. The quantitative estimate of drug-likeness (QED) is 0.679. The summed E-state index contributed by atoms with van der Waals surface area (Å²) < 4.78 is 30.1. The Hall–Kier alpha value is -2.22. The summed E-state index contributed by atoms with van der Waals surface area (Å²) in [6.45, 7) is 3.02. The molecule has 1 aliphatic rings. The number of benzene rings is 1. The molecule has 0 radical (unpaired) electrons. The number of fused-ring (bicyclic) bond motifs is 1. The van der Waals surface area contributed by atoms with Gasteiger partial charge in [0, 0.05) is 45.0 Å². The molecule has 4 rings (SSSR count). The van der Waals surface area contributed by atoms with Crippen molar-refractivity contribution in [3.63, 3.8) is 0 Å². The van der Waals surface area contributed by atoms with E-state index >= 15 is 0 Å². The average Bonchev–Trinajstić information content (AvgIpc) is 3.12. The fourth-order valence-electron chi connectivity index (χ4n) is 4.11. The molecular formula is C21H26N4O2S. The van der Waals surface area contributed by atoms with Crippen LogP contribution in [-0.2, 0) is 15.6 Å². The summed E-state index contributed by atoms with van der Waals surface area (Å²) in [6.07, 6.45) is 5.58. The maximum absolute atomic E-state index is 12.6. The third-order valence-corrected chi connectivity index (χ3v) is 7.72. The number of imidazole rings is 1. The first-order chi connectivity index (χ1) is 13.3. The van der Waals surface area contributed by atoms with Gasteiger partial charge in [0.2, 0.25) is 0 Å². The molecule has 3 aromatic rings. The fraction of sp³-hybridized carbons (Fsp3) is 0.381. The second kappa shape index (κ2) is 6.99. The van der Waals surface area contributed by atoms with Crippen molar-refractivity contribution >= 4 is 15.9 Å². The largest absolute Gasteiger partial charge is 0.307 e. The van der Waals surface area contributed by atoms with E-state index in [1.54, 1.807) is 18.4 Å². The second-order valence-corrected chi connectivity index (χ2v) is 9.88. The number of aryl methyl sites for hydroxylation is 1. The van der Waals surface area contributed by atoms with Crippen molar-refractivity contribution in [1.29, 1.82) is 0 Å². The maximum atomic E-state index is 12.6. The topological polar surface area (TPSA) is 57.9 Å². The Morgan fingerprint density at radius 1 is 1.00 bits per heavy atom. The monoisotopic (exact) mass is 398 g/mol. The Balaban J connectivity index is 1.77. The molecule has 2 aromatic heterocycles. The Bertz CT molecular complexity index is 1080. The van der Waals surface area contributed by atoms with Gasteiger partial charge in [-0.1, -0.05) is 36.4 Å². The van der Waals surface area contributed by atoms with E-state index in [0.717, 1.165) is 11.3 Å². The molecule has 3 heterocycles. The number of hydrogen-bond acceptors (Lipinski definition) is 3. The predicted molar refractivity (Wildman–Crippen MR) is 111 cm³/mol. The molecule has 1 aromatic carbocycles. The first-order valence-corrected chi connectivity index (χ1v) is 10.9. The molecule has 0 N–H and O–H groups in total. The van der Waals surface area contributed by atoms with Crippen molar-refractivity contribution in [2.24, 2.45) is 0 Å². The van der Waals surface area contributed by atoms with Crippen molar-refractivity contribution in [2.75, 3.05) is 27.2 Å². The SMILES string of the molecule is Cc1ccc2nc(C3(c4ccccc4)CCN(S(=O)(=O)N(C)C)CC3)cn2c1. The Kier molecular flexibility index (Phi) is 4.77. The zero-order valence-electron chi connectivity index (χ0n) is 16.5. The van der Waals surface area contributed by atoms with Crippen molar-refractivity contribution in [1.82, 2.24) is 18.0 Å². The lowest BCUT2D eigenvalue weighted by Crippen LogP contribution is -2.49. The molecule has 6 nitrogen and oxygen atoms in total. The molecule has 0 saturated carbocycles. The number of nitrogens with zero attached hydrogens (tertiary/aromatic N) is 4. The van der Waals surface area contributed by atoms with Gasteiger partial charge in [-0.05, 0) is 37.0 Å². The van der Waals surface area contributed by atoms with Gasteiger partial charge in [-0.2, -0.15) is 17.0 Å². The van der Waals surface area contributed by atoms with Crippen LogP contribution in [0.2, 0.25) is 0 Å². The summed E-state index contributed by atoms with van der Waals surface area (Å²) in [5, 5.41) is 0. The highest BCUT2D eigenvalue weighted by atomic mass is 32.2. The maximum Gasteiger partial charge on any atom is 0.281 e. The summed E-state index contributed by atoms with van der Waals surface area (Å²) in [6, 6.07) is 14.4. The Morgan fingerprint density at radius 3 is 2.32 bits per heavy atom. The molecule has 1 saturated heterocycles. The third kappa shape index (κ3) is 3.13. The Morgan fingerprint density at radius 2 is 1.68 bits per heavy atom. The van der Waals surface area contributed by atoms with E-state index in [4.69, 9.17) is 4.98 Å². The summed E-state index contributed by atoms with van der Waals surface area (Å²) >= 11 is 0. The van der Waals surface area contributed by atoms with Crippen LogP contribution in [0, 0.1) is 6.92 Å². The molecule has 7 heteroatoms. The van der Waals surface area contributed by atoms with Gasteiger partial charge in [0.15, 0.2) is 0 Å². The molecule has 0 spiro atoms. The number of hydrogen-bond donors (Lipinski definition) is 0. The van der Waals surface area contributed by atoms with Crippen molar-refractivity contribution < 1.29 is 8.42 Å². The summed E-state index contributed by atoms with van der Waals surface area (Å²) in [4.78, 5) is 4.93. The van der Waals surface area contributed by atoms with Crippen LogP contribution in [0.5, 0.6) is 0 Å². The van der Waals surface area contributed by atoms with Crippen LogP contribution in [-0.4, -0.2) is 53.6 Å². The van der Waals surface area contributed by atoms with Gasteiger partial charge in [0.25, 0.3) is 10.2 Å². The van der Waals surface area contributed by atoms with Crippen molar-refractivity contribution in [2.45, 2.75) is 25.2 Å². The minimum absolute atomic E-state index is 0.292. The highest BCUT2D eigenvalue weighted by Gasteiger charge is 2.42. The van der Waals surface area contributed by atoms with E-state index < -0.39 is 10.2 Å². The van der Waals surface area contributed by atoms with E-state index in [-0.39, 0.29) is 5.41 Å². The molecule has 1 aliphatic heterocycles. The van der Waals surface area contributed by atoms with Gasteiger partial charge in [-0.3, -0.25) is 0 Å². The van der Waals surface area contributed by atoms with Crippen LogP contribution in [0.3, 0.4) is 0 Å². The molecule has 0 amide bonds. The van der Waals surface area contributed by atoms with Crippen molar-refractivity contribution in [3.05, 3.63) is 71.7 Å². The van der Waals surface area contributed by atoms with Crippen LogP contribution in [0.15, 0.2) is 54.9 Å². The molecule has 0 bridgehead atoms. The van der Waals surface area contributed by atoms with Gasteiger partial charge < -0.3 is 4.40 Å². The van der Waals surface area contributed by atoms with Crippen LogP contribution < -0.4 is 0 Å². The average molecular weight is 399 g/mol. The van der Waals surface area contributed by atoms with Crippen LogP contribution in [0.1, 0.15) is 29.7 Å². The first-order valence-electron chi connectivity index (χ1n) is 9.52. The standard InChI is InChI=1S/C21H26N4O2S/c1-17-9-10-20-22-19(16-24(20)15-17)21(18-7-5-4-6-8-18)11-13-25(14-12-21)28(26,27)23(2)3/h4-10,15-16H,11-14H2,1-3H3. The lowest BCUT2D eigenvalue weighted by Gasteiger charge is -2.41. The number of piperidine rings is 1. The molecular weight excluding hydrogens is 372 g/mol. The highest BCUT2D eigenvalue weighted by Crippen LogP contribution is 2.42. The second-order valence-electron chi connectivity index (χ2n) is 7.74. The van der Waals surface area contributed by atoms with Gasteiger partial charge in [0.05, 0.1) is 5.69 Å². The zero-order chi connectivity index (χ0) is 19.9. The van der Waals surface area contributed by atoms with Gasteiger partial charge in [0.1, 0.15) is 5.65 Å². The predicted octanol–water partition coefficient (Wildman–Crippen LogP) is 2.83. The lowest BCUT2D eigenvalue weighted by molar-refractivity contribution is 0.252. The van der Waals surface area contributed by atoms with Crippen LogP contribution in [0.25, 0.3) is 5.65 Å². The minimum Gasteiger partial charge on any atom is -0.307 e. The summed E-state index contributed by atoms with van der Waals surface area (Å²) in [5.74, 6) is 0. The normalized spacial score (nSPS) is 18.0. The van der Waals surface area contributed by atoms with E-state index in [9.17, 15) is 8.42 Å². The lowest BCUT2D eigenvalue weighted by atomic mass is 9.71. The van der Waals surface area contributed by atoms with Crippen LogP contribution >= 0.6 is 0 Å². The summed E-state index contributed by atoms with van der Waals surface area (Å²) in [7, 11) is -0.239. The third-order valence-electron chi connectivity index (χ3n) is 5.78. The minimum atomic E-state index is -3.40. The van der Waals surface area contributed by atoms with E-state index in [1.807, 2.05) is 24.3 Å². The number of aromatic nitrogens is 2. The first kappa shape index (κ1) is 19.1. The number of pyridine rings is 1. The smallest absolute Gasteiger partial charge is 0.281 e. The van der Waals surface area contributed by atoms with Gasteiger partial charge in [-0.15, -0.1) is 0 Å². The fourth-order valence-corrected chi connectivity index (χ4v) is 5.22. The highest BCUT2D eigenvalue weighted by molar-refractivity contribution is 7.86. The zero-order valence-corrected chi connectivity index (χ0v) is 17.4. The van der Waals surface area contributed by atoms with Crippen molar-refractivity contribution in [3.8, 4) is 0 Å². The van der Waals surface area contributed by atoms with Gasteiger partial charge >= 0.3 is 0 Å². The van der Waals surface area contributed by atoms with Crippen LogP contribution in [0.4, 0.5) is 0 Å².